The first-order valence-electron chi connectivity index (χ1n) is 10.5. The smallest absolute Gasteiger partial charge is 0.417 e. The number of hydrogen-bond donors (Lipinski definition) is 0. The number of rotatable bonds is 6. The lowest BCUT2D eigenvalue weighted by Gasteiger charge is -2.37. The van der Waals surface area contributed by atoms with Crippen LogP contribution in [0, 0.1) is 22.6 Å². The van der Waals surface area contributed by atoms with Crippen molar-refractivity contribution < 1.29 is 36.6 Å². The number of hydrogen-bond acceptors (Lipinski definition) is 5. The molecule has 1 aliphatic heterocycles. The highest BCUT2D eigenvalue weighted by Gasteiger charge is 2.37. The van der Waals surface area contributed by atoms with Gasteiger partial charge in [-0.25, -0.2) is 9.18 Å². The van der Waals surface area contributed by atoms with Crippen LogP contribution in [0.1, 0.15) is 34.3 Å². The number of carbonyl (C=O) groups is 2. The second kappa shape index (κ2) is 10.5. The average molecular weight is 513 g/mol. The van der Waals surface area contributed by atoms with E-state index in [-0.39, 0.29) is 24.5 Å². The van der Waals surface area contributed by atoms with Crippen molar-refractivity contribution in [1.82, 2.24) is 4.90 Å². The number of likely N-dealkylation sites (tertiary alicyclic amines) is 1. The Morgan fingerprint density at radius 3 is 2.34 bits per heavy atom. The Labute approximate surface area is 204 Å². The predicted octanol–water partition coefficient (Wildman–Crippen LogP) is 5.04. The summed E-state index contributed by atoms with van der Waals surface area (Å²) in [5, 5.41) is 9.05. The molecule has 2 aromatic carbocycles. The molecule has 11 heteroatoms. The van der Waals surface area contributed by atoms with E-state index in [0.29, 0.717) is 25.3 Å². The Morgan fingerprint density at radius 1 is 1.17 bits per heavy atom. The van der Waals surface area contributed by atoms with Crippen LogP contribution in [0.15, 0.2) is 36.4 Å². The van der Waals surface area contributed by atoms with Gasteiger partial charge >= 0.3 is 12.1 Å². The van der Waals surface area contributed by atoms with E-state index in [1.807, 2.05) is 0 Å². The first-order chi connectivity index (χ1) is 16.5. The third-order valence-electron chi connectivity index (χ3n) is 5.90. The van der Waals surface area contributed by atoms with Gasteiger partial charge in [-0.2, -0.15) is 18.4 Å². The number of nitriles is 1. The van der Waals surface area contributed by atoms with Crippen molar-refractivity contribution >= 4 is 23.5 Å². The van der Waals surface area contributed by atoms with Crippen molar-refractivity contribution in [3.63, 3.8) is 0 Å². The summed E-state index contributed by atoms with van der Waals surface area (Å²) in [6.07, 6.45) is -3.68. The number of esters is 1. The predicted molar refractivity (Wildman–Crippen MR) is 117 cm³/mol. The van der Waals surface area contributed by atoms with E-state index in [9.17, 15) is 32.4 Å². The fourth-order valence-corrected chi connectivity index (χ4v) is 4.17. The van der Waals surface area contributed by atoms with E-state index in [2.05, 4.69) is 10.8 Å². The highest BCUT2D eigenvalue weighted by Crippen LogP contribution is 2.39. The zero-order valence-corrected chi connectivity index (χ0v) is 19.4. The topological polar surface area (TPSA) is 79.6 Å². The number of nitrogens with zero attached hydrogens (tertiary/aromatic N) is 2. The molecule has 0 atom stereocenters. The minimum absolute atomic E-state index is 0.231. The van der Waals surface area contributed by atoms with Crippen LogP contribution in [0.2, 0.25) is 5.02 Å². The van der Waals surface area contributed by atoms with Crippen LogP contribution in [-0.4, -0.2) is 43.6 Å². The number of benzene rings is 2. The number of alkyl halides is 3. The van der Waals surface area contributed by atoms with Gasteiger partial charge in [0.2, 0.25) is 0 Å². The summed E-state index contributed by atoms with van der Waals surface area (Å²) in [4.78, 5) is 26.1. The molecule has 1 fully saturated rings. The monoisotopic (exact) mass is 512 g/mol. The minimum atomic E-state index is -4.80. The zero-order chi connectivity index (χ0) is 25.8. The third-order valence-corrected chi connectivity index (χ3v) is 6.21. The van der Waals surface area contributed by atoms with Gasteiger partial charge in [-0.3, -0.25) is 4.79 Å². The number of piperidine rings is 1. The van der Waals surface area contributed by atoms with Crippen LogP contribution >= 0.6 is 11.6 Å². The lowest BCUT2D eigenvalue weighted by Crippen LogP contribution is -2.45. The summed E-state index contributed by atoms with van der Waals surface area (Å²) in [5.74, 6) is -2.35. The summed E-state index contributed by atoms with van der Waals surface area (Å²) in [6.45, 7) is -0.162. The Hall–Kier alpha value is -3.32. The largest absolute Gasteiger partial charge is 0.483 e. The Balaban J connectivity index is 1.68. The molecule has 0 radical (unpaired) electrons. The van der Waals surface area contributed by atoms with Gasteiger partial charge in [0.25, 0.3) is 5.91 Å². The second-order valence-electron chi connectivity index (χ2n) is 8.18. The first kappa shape index (κ1) is 26.3. The van der Waals surface area contributed by atoms with E-state index in [4.69, 9.17) is 16.3 Å². The fourth-order valence-electron chi connectivity index (χ4n) is 3.90. The molecule has 0 saturated carbocycles. The van der Waals surface area contributed by atoms with Gasteiger partial charge in [0.1, 0.15) is 17.1 Å². The summed E-state index contributed by atoms with van der Waals surface area (Å²) >= 11 is 5.67. The van der Waals surface area contributed by atoms with Crippen LogP contribution in [0.3, 0.4) is 0 Å². The van der Waals surface area contributed by atoms with E-state index < -0.39 is 46.4 Å². The molecular weight excluding hydrogens is 492 g/mol. The van der Waals surface area contributed by atoms with E-state index in [1.165, 1.54) is 17.0 Å². The van der Waals surface area contributed by atoms with Crippen molar-refractivity contribution in [3.05, 3.63) is 63.9 Å². The molecule has 35 heavy (non-hydrogen) atoms. The Bertz CT molecular complexity index is 1140. The van der Waals surface area contributed by atoms with Crippen molar-refractivity contribution in [1.29, 1.82) is 5.26 Å². The first-order valence-corrected chi connectivity index (χ1v) is 10.9. The molecule has 186 valence electrons. The SMILES string of the molecule is COC(=O)c1cc(Cl)c(C(F)(F)F)cc1OCC(=O)N1CCC(C#N)(Cc2ccc(F)cc2)CC1. The molecule has 1 aliphatic rings. The number of carbonyl (C=O) groups excluding carboxylic acids is 2. The van der Waals surface area contributed by atoms with Crippen LogP contribution in [-0.2, 0) is 22.1 Å². The van der Waals surface area contributed by atoms with Gasteiger partial charge in [0.05, 0.1) is 29.2 Å². The standard InChI is InChI=1S/C24H21ClF4N2O4/c1-34-22(33)17-10-19(25)18(24(27,28)29)11-20(17)35-13-21(32)31-8-6-23(14-30,7-9-31)12-15-2-4-16(26)5-3-15/h2-5,10-11H,6-9,12-13H2,1H3. The van der Waals surface area contributed by atoms with E-state index >= 15 is 0 Å². The van der Waals surface area contributed by atoms with Crippen molar-refractivity contribution in [2.24, 2.45) is 5.41 Å². The molecule has 1 saturated heterocycles. The summed E-state index contributed by atoms with van der Waals surface area (Å²) in [7, 11) is 1.05. The van der Waals surface area contributed by atoms with E-state index in [1.54, 1.807) is 12.1 Å². The second-order valence-corrected chi connectivity index (χ2v) is 8.59. The Kier molecular flexibility index (Phi) is 7.90. The molecular formula is C24H21ClF4N2O4. The fraction of sp³-hybridized carbons (Fsp3) is 0.375. The zero-order valence-electron chi connectivity index (χ0n) is 18.6. The van der Waals surface area contributed by atoms with Gasteiger partial charge < -0.3 is 14.4 Å². The molecule has 0 bridgehead atoms. The molecule has 0 spiro atoms. The van der Waals surface area contributed by atoms with E-state index in [0.717, 1.165) is 18.7 Å². The highest BCUT2D eigenvalue weighted by molar-refractivity contribution is 6.32. The number of amides is 1. The summed E-state index contributed by atoms with van der Waals surface area (Å²) in [5.41, 5.74) is -1.49. The van der Waals surface area contributed by atoms with Crippen LogP contribution in [0.5, 0.6) is 5.75 Å². The summed E-state index contributed by atoms with van der Waals surface area (Å²) < 4.78 is 62.7. The van der Waals surface area contributed by atoms with Crippen molar-refractivity contribution in [2.45, 2.75) is 25.4 Å². The molecule has 6 nitrogen and oxygen atoms in total. The maximum Gasteiger partial charge on any atom is 0.417 e. The van der Waals surface area contributed by atoms with Gasteiger partial charge in [0.15, 0.2) is 6.61 Å². The minimum Gasteiger partial charge on any atom is -0.483 e. The summed E-state index contributed by atoms with van der Waals surface area (Å²) in [6, 6.07) is 9.52. The highest BCUT2D eigenvalue weighted by atomic mass is 35.5. The average Bonchev–Trinajstić information content (AvgIpc) is 2.83. The normalized spacial score (nSPS) is 15.3. The van der Waals surface area contributed by atoms with Crippen molar-refractivity contribution in [2.75, 3.05) is 26.8 Å². The quantitative estimate of drug-likeness (QED) is 0.400. The number of methoxy groups -OCH3 is 1. The molecule has 2 aromatic rings. The molecule has 1 amide bonds. The third kappa shape index (κ3) is 6.22. The van der Waals surface area contributed by atoms with Crippen LogP contribution in [0.25, 0.3) is 0 Å². The molecule has 0 aliphatic carbocycles. The van der Waals surface area contributed by atoms with Gasteiger partial charge in [-0.05, 0) is 49.1 Å². The molecule has 1 heterocycles. The maximum atomic E-state index is 13.2. The van der Waals surface area contributed by atoms with Gasteiger partial charge in [-0.1, -0.05) is 23.7 Å². The maximum absolute atomic E-state index is 13.2. The van der Waals surface area contributed by atoms with Gasteiger partial charge in [-0.15, -0.1) is 0 Å². The molecule has 0 N–H and O–H groups in total. The van der Waals surface area contributed by atoms with Crippen LogP contribution in [0.4, 0.5) is 17.6 Å². The lowest BCUT2D eigenvalue weighted by atomic mass is 9.75. The lowest BCUT2D eigenvalue weighted by molar-refractivity contribution is -0.137. The molecule has 0 aromatic heterocycles. The van der Waals surface area contributed by atoms with Crippen molar-refractivity contribution in [3.8, 4) is 11.8 Å². The Morgan fingerprint density at radius 2 is 1.80 bits per heavy atom. The van der Waals surface area contributed by atoms with Crippen LogP contribution < -0.4 is 4.74 Å². The molecule has 3 rings (SSSR count). The number of ether oxygens (including phenoxy) is 2. The van der Waals surface area contributed by atoms with Gasteiger partial charge in [0, 0.05) is 13.1 Å². The number of halogens is 5. The molecule has 0 unspecified atom stereocenters.